The van der Waals surface area contributed by atoms with E-state index in [2.05, 4.69) is 20.1 Å². The first-order valence-corrected chi connectivity index (χ1v) is 10.0. The van der Waals surface area contributed by atoms with Gasteiger partial charge in [-0.05, 0) is 42.5 Å². The summed E-state index contributed by atoms with van der Waals surface area (Å²) in [6, 6.07) is 18.1. The number of pyridine rings is 2. The Morgan fingerprint density at radius 3 is 2.64 bits per heavy atom. The monoisotopic (exact) mass is 456 g/mol. The number of hydrogen-bond acceptors (Lipinski definition) is 5. The second-order valence-electron chi connectivity index (χ2n) is 7.01. The largest absolute Gasteiger partial charge is 0.573 e. The number of nitrogens with one attached hydrogen (secondary N) is 1. The lowest BCUT2D eigenvalue weighted by Gasteiger charge is -2.25. The van der Waals surface area contributed by atoms with E-state index in [-0.39, 0.29) is 17.7 Å². The van der Waals surface area contributed by atoms with Gasteiger partial charge < -0.3 is 14.8 Å². The summed E-state index contributed by atoms with van der Waals surface area (Å²) < 4.78 is 45.4. The van der Waals surface area contributed by atoms with Gasteiger partial charge in [-0.1, -0.05) is 24.3 Å². The lowest BCUT2D eigenvalue weighted by Crippen LogP contribution is -2.33. The van der Waals surface area contributed by atoms with E-state index in [1.165, 1.54) is 24.3 Å². The summed E-state index contributed by atoms with van der Waals surface area (Å²) in [4.78, 5) is 16.8. The molecule has 0 fully saturated rings. The Morgan fingerprint density at radius 2 is 1.88 bits per heavy atom. The zero-order valence-corrected chi connectivity index (χ0v) is 17.2. The fraction of sp³-hybridized carbons (Fsp3) is 0.174. The predicted molar refractivity (Wildman–Crippen MR) is 113 cm³/mol. The molecule has 1 atom stereocenters. The average molecular weight is 456 g/mol. The first kappa shape index (κ1) is 22.1. The molecule has 170 valence electrons. The molecule has 1 aliphatic heterocycles. The highest BCUT2D eigenvalue weighted by molar-refractivity contribution is 5.93. The standard InChI is InChI=1S/C16H14N4O2.C7H5F3O/c21-16(13-10-11-4-1-2-8-20(11)19-13)18-12-6-9-22-14-5-3-7-17-15(12)14;8-7(9,10)11-6-4-2-1-3-5-6/h1-5,7-8,10,12H,6,9H2,(H,18,21);1-5H. The van der Waals surface area contributed by atoms with E-state index in [0.29, 0.717) is 18.7 Å². The van der Waals surface area contributed by atoms with Gasteiger partial charge in [0.1, 0.15) is 17.2 Å². The van der Waals surface area contributed by atoms with Gasteiger partial charge in [-0.3, -0.25) is 9.78 Å². The van der Waals surface area contributed by atoms with Crippen molar-refractivity contribution < 1.29 is 27.4 Å². The molecule has 33 heavy (non-hydrogen) atoms. The van der Waals surface area contributed by atoms with Crippen LogP contribution in [0, 0.1) is 0 Å². The topological polar surface area (TPSA) is 77.8 Å². The first-order chi connectivity index (χ1) is 15.9. The van der Waals surface area contributed by atoms with Gasteiger partial charge in [0.05, 0.1) is 18.2 Å². The Hall–Kier alpha value is -4.08. The van der Waals surface area contributed by atoms with Crippen molar-refractivity contribution in [3.05, 3.63) is 90.5 Å². The van der Waals surface area contributed by atoms with Crippen LogP contribution in [0.3, 0.4) is 0 Å². The summed E-state index contributed by atoms with van der Waals surface area (Å²) in [6.07, 6.45) is -0.376. The number of alkyl halides is 3. The molecule has 1 amide bonds. The molecule has 4 aromatic rings. The maximum Gasteiger partial charge on any atom is 0.573 e. The van der Waals surface area contributed by atoms with Crippen molar-refractivity contribution in [3.63, 3.8) is 0 Å². The molecule has 1 aromatic carbocycles. The van der Waals surface area contributed by atoms with E-state index in [1.54, 1.807) is 22.8 Å². The van der Waals surface area contributed by atoms with Crippen LogP contribution in [0.25, 0.3) is 5.52 Å². The number of rotatable bonds is 3. The number of nitrogens with zero attached hydrogens (tertiary/aromatic N) is 3. The third-order valence-corrected chi connectivity index (χ3v) is 4.68. The maximum atomic E-state index is 12.4. The van der Waals surface area contributed by atoms with Gasteiger partial charge in [0.25, 0.3) is 5.91 Å². The Balaban J connectivity index is 0.000000200. The predicted octanol–water partition coefficient (Wildman–Crippen LogP) is 4.57. The summed E-state index contributed by atoms with van der Waals surface area (Å²) in [7, 11) is 0. The molecular formula is C23H19F3N4O3. The third-order valence-electron chi connectivity index (χ3n) is 4.68. The number of ether oxygens (including phenoxy) is 2. The maximum absolute atomic E-state index is 12.4. The molecule has 1 aliphatic rings. The smallest absolute Gasteiger partial charge is 0.491 e. The van der Waals surface area contributed by atoms with Crippen LogP contribution in [0.15, 0.2) is 79.1 Å². The fourth-order valence-electron chi connectivity index (χ4n) is 3.25. The lowest BCUT2D eigenvalue weighted by atomic mass is 10.1. The molecule has 0 aliphatic carbocycles. The Morgan fingerprint density at radius 1 is 1.09 bits per heavy atom. The zero-order valence-electron chi connectivity index (χ0n) is 17.2. The van der Waals surface area contributed by atoms with Crippen molar-refractivity contribution in [2.24, 2.45) is 0 Å². The van der Waals surface area contributed by atoms with Crippen LogP contribution in [0.2, 0.25) is 0 Å². The normalized spacial score (nSPS) is 14.9. The molecule has 10 heteroatoms. The van der Waals surface area contributed by atoms with Crippen LogP contribution in [0.5, 0.6) is 11.5 Å². The lowest BCUT2D eigenvalue weighted by molar-refractivity contribution is -0.274. The Labute approximate surface area is 186 Å². The first-order valence-electron chi connectivity index (χ1n) is 10.0. The Bertz CT molecular complexity index is 1200. The van der Waals surface area contributed by atoms with Crippen molar-refractivity contribution in [1.82, 2.24) is 19.9 Å². The number of para-hydroxylation sites is 1. The number of hydrogen-bond donors (Lipinski definition) is 1. The average Bonchev–Trinajstić information content (AvgIpc) is 3.24. The number of carbonyl (C=O) groups is 1. The molecule has 1 N–H and O–H groups in total. The van der Waals surface area contributed by atoms with E-state index in [0.717, 1.165) is 17.0 Å². The second-order valence-corrected chi connectivity index (χ2v) is 7.01. The number of carbonyl (C=O) groups excluding carboxylic acids is 1. The minimum absolute atomic E-state index is 0.151. The van der Waals surface area contributed by atoms with Gasteiger partial charge in [-0.2, -0.15) is 5.10 Å². The van der Waals surface area contributed by atoms with Crippen LogP contribution in [0.4, 0.5) is 13.2 Å². The summed E-state index contributed by atoms with van der Waals surface area (Å²) in [5.74, 6) is 0.334. The van der Waals surface area contributed by atoms with Gasteiger partial charge in [0, 0.05) is 18.8 Å². The van der Waals surface area contributed by atoms with Crippen LogP contribution in [-0.2, 0) is 0 Å². The SMILES string of the molecule is FC(F)(F)Oc1ccccc1.O=C(NC1CCOc2cccnc21)c1cc2ccccn2n1. The summed E-state index contributed by atoms with van der Waals surface area (Å²) >= 11 is 0. The van der Waals surface area contributed by atoms with Crippen LogP contribution in [-0.4, -0.2) is 33.5 Å². The third kappa shape index (κ3) is 5.79. The van der Waals surface area contributed by atoms with Crippen molar-refractivity contribution in [1.29, 1.82) is 0 Å². The highest BCUT2D eigenvalue weighted by Crippen LogP contribution is 2.29. The van der Waals surface area contributed by atoms with E-state index >= 15 is 0 Å². The van der Waals surface area contributed by atoms with Gasteiger partial charge in [-0.25, -0.2) is 4.52 Å². The Kier molecular flexibility index (Phi) is 6.43. The molecule has 1 unspecified atom stereocenters. The van der Waals surface area contributed by atoms with E-state index < -0.39 is 6.36 Å². The number of benzene rings is 1. The molecular weight excluding hydrogens is 437 g/mol. The minimum Gasteiger partial charge on any atom is -0.491 e. The summed E-state index contributed by atoms with van der Waals surface area (Å²) in [6.45, 7) is 0.564. The van der Waals surface area contributed by atoms with Crippen molar-refractivity contribution in [2.45, 2.75) is 18.8 Å². The molecule has 0 saturated heterocycles. The molecule has 4 heterocycles. The van der Waals surface area contributed by atoms with Crippen LogP contribution < -0.4 is 14.8 Å². The zero-order chi connectivity index (χ0) is 23.3. The van der Waals surface area contributed by atoms with Crippen molar-refractivity contribution in [2.75, 3.05) is 6.61 Å². The molecule has 0 spiro atoms. The van der Waals surface area contributed by atoms with E-state index in [1.807, 2.05) is 36.5 Å². The van der Waals surface area contributed by atoms with Gasteiger partial charge in [0.2, 0.25) is 0 Å². The van der Waals surface area contributed by atoms with E-state index in [9.17, 15) is 18.0 Å². The van der Waals surface area contributed by atoms with Crippen LogP contribution >= 0.6 is 0 Å². The highest BCUT2D eigenvalue weighted by atomic mass is 19.4. The number of amides is 1. The second kappa shape index (κ2) is 9.60. The van der Waals surface area contributed by atoms with Gasteiger partial charge in [0.15, 0.2) is 5.69 Å². The fourth-order valence-corrected chi connectivity index (χ4v) is 3.25. The molecule has 3 aromatic heterocycles. The van der Waals surface area contributed by atoms with Crippen molar-refractivity contribution in [3.8, 4) is 11.5 Å². The number of aromatic nitrogens is 3. The van der Waals surface area contributed by atoms with Gasteiger partial charge in [-0.15, -0.1) is 13.2 Å². The molecule has 0 bridgehead atoms. The summed E-state index contributed by atoms with van der Waals surface area (Å²) in [5, 5.41) is 7.28. The van der Waals surface area contributed by atoms with Crippen molar-refractivity contribution >= 4 is 11.4 Å². The van der Waals surface area contributed by atoms with Gasteiger partial charge >= 0.3 is 6.36 Å². The molecule has 5 rings (SSSR count). The number of halogens is 3. The molecule has 7 nitrogen and oxygen atoms in total. The molecule has 0 saturated carbocycles. The minimum atomic E-state index is -4.60. The van der Waals surface area contributed by atoms with E-state index in [4.69, 9.17) is 4.74 Å². The highest BCUT2D eigenvalue weighted by Gasteiger charge is 2.30. The quantitative estimate of drug-likeness (QED) is 0.489. The summed E-state index contributed by atoms with van der Waals surface area (Å²) in [5.41, 5.74) is 2.05. The van der Waals surface area contributed by atoms with Crippen LogP contribution in [0.1, 0.15) is 28.6 Å². The molecule has 0 radical (unpaired) electrons. The number of fused-ring (bicyclic) bond motifs is 2.